The molecule has 1 saturated carbocycles. The Kier molecular flexibility index (Phi) is 8.79. The van der Waals surface area contributed by atoms with Crippen LogP contribution in [0.3, 0.4) is 0 Å². The zero-order valence-electron chi connectivity index (χ0n) is 21.0. The van der Waals surface area contributed by atoms with Gasteiger partial charge in [-0.15, -0.1) is 11.3 Å². The first-order chi connectivity index (χ1) is 17.6. The number of amides is 3. The lowest BCUT2D eigenvalue weighted by Crippen LogP contribution is -2.56. The van der Waals surface area contributed by atoms with E-state index in [1.54, 1.807) is 43.3 Å². The molecule has 2 aromatic rings. The summed E-state index contributed by atoms with van der Waals surface area (Å²) in [7, 11) is 5.51. The Bertz CT molecular complexity index is 1190. The summed E-state index contributed by atoms with van der Waals surface area (Å²) in [5, 5.41) is 9.95. The number of carbonyl (C=O) groups excluding carboxylic acids is 3. The first-order valence-electron chi connectivity index (χ1n) is 12.2. The van der Waals surface area contributed by atoms with Crippen molar-refractivity contribution in [2.24, 2.45) is 5.92 Å². The van der Waals surface area contributed by atoms with Gasteiger partial charge < -0.3 is 25.8 Å². The number of aromatic nitrogens is 1. The molecule has 3 amide bonds. The number of nitrogens with zero attached hydrogens (tertiary/aromatic N) is 3. The third-order valence-electron chi connectivity index (χ3n) is 6.70. The molecule has 3 atom stereocenters. The van der Waals surface area contributed by atoms with Gasteiger partial charge in [0.2, 0.25) is 5.91 Å². The van der Waals surface area contributed by atoms with Crippen LogP contribution in [0.5, 0.6) is 0 Å². The maximum atomic E-state index is 13.2. The van der Waals surface area contributed by atoms with Gasteiger partial charge in [0.1, 0.15) is 0 Å². The summed E-state index contributed by atoms with van der Waals surface area (Å²) in [6.07, 6.45) is 2.46. The highest BCUT2D eigenvalue weighted by Gasteiger charge is 2.37. The number of fused-ring (bicyclic) bond motifs is 1. The predicted molar refractivity (Wildman–Crippen MR) is 149 cm³/mol. The average molecular weight is 563 g/mol. The van der Waals surface area contributed by atoms with Crippen molar-refractivity contribution in [2.45, 2.75) is 44.3 Å². The summed E-state index contributed by atoms with van der Waals surface area (Å²) in [5.41, 5.74) is 1.55. The van der Waals surface area contributed by atoms with E-state index in [-0.39, 0.29) is 28.8 Å². The van der Waals surface area contributed by atoms with Crippen molar-refractivity contribution in [3.8, 4) is 0 Å². The van der Waals surface area contributed by atoms with Crippen molar-refractivity contribution in [1.29, 1.82) is 0 Å². The fraction of sp³-hybridized carbons (Fsp3) is 0.480. The molecule has 3 N–H and O–H groups in total. The number of rotatable bonds is 5. The van der Waals surface area contributed by atoms with E-state index in [1.807, 2.05) is 0 Å². The zero-order valence-corrected chi connectivity index (χ0v) is 23.4. The van der Waals surface area contributed by atoms with Crippen LogP contribution in [0.4, 0.5) is 5.69 Å². The maximum absolute atomic E-state index is 13.2. The minimum Gasteiger partial charge on any atom is -0.367 e. The van der Waals surface area contributed by atoms with Crippen LogP contribution in [0.15, 0.2) is 24.3 Å². The second-order valence-corrected chi connectivity index (χ2v) is 11.7. The topological polar surface area (TPSA) is 107 Å². The number of thiocarbonyl (C=S) groups is 1. The number of hydrogen-bond acceptors (Lipinski definition) is 7. The lowest BCUT2D eigenvalue weighted by molar-refractivity contribution is -0.134. The van der Waals surface area contributed by atoms with Crippen molar-refractivity contribution < 1.29 is 14.4 Å². The number of thiazole rings is 1. The largest absolute Gasteiger partial charge is 0.367 e. The van der Waals surface area contributed by atoms with Crippen LogP contribution >= 0.6 is 35.2 Å². The molecule has 0 radical (unpaired) electrons. The van der Waals surface area contributed by atoms with Gasteiger partial charge in [0.05, 0.1) is 11.7 Å². The van der Waals surface area contributed by atoms with Crippen LogP contribution in [-0.2, 0) is 22.6 Å². The molecule has 1 aromatic heterocycles. The Morgan fingerprint density at radius 3 is 2.57 bits per heavy atom. The molecule has 37 heavy (non-hydrogen) atoms. The molecular weight excluding hydrogens is 532 g/mol. The highest BCUT2D eigenvalue weighted by Crippen LogP contribution is 2.28. The number of anilines is 1. The lowest BCUT2D eigenvalue weighted by Gasteiger charge is -2.37. The normalized spacial score (nSPS) is 21.5. The van der Waals surface area contributed by atoms with Crippen LogP contribution < -0.4 is 16.0 Å². The van der Waals surface area contributed by atoms with E-state index in [1.165, 1.54) is 11.3 Å². The SMILES string of the molecule is CN1CCc2nc(C(=O)NC3CC(C(=O)N(C)C)CCC3NC(=S)C(=O)Nc3ccc(Cl)cc3)sc2C1. The van der Waals surface area contributed by atoms with Gasteiger partial charge in [-0.3, -0.25) is 14.4 Å². The number of benzene rings is 1. The van der Waals surface area contributed by atoms with Gasteiger partial charge in [-0.1, -0.05) is 23.8 Å². The molecule has 2 heterocycles. The van der Waals surface area contributed by atoms with E-state index in [2.05, 4.69) is 32.9 Å². The molecular formula is C25H31ClN6O3S2. The van der Waals surface area contributed by atoms with Gasteiger partial charge in [0, 0.05) is 61.2 Å². The van der Waals surface area contributed by atoms with Crippen LogP contribution in [0.25, 0.3) is 0 Å². The fourth-order valence-electron chi connectivity index (χ4n) is 4.70. The Morgan fingerprint density at radius 1 is 1.14 bits per heavy atom. The fourth-order valence-corrected chi connectivity index (χ4v) is 6.12. The summed E-state index contributed by atoms with van der Waals surface area (Å²) in [4.78, 5) is 48.1. The number of likely N-dealkylation sites (N-methyl/N-ethyl adjacent to an activating group) is 1. The Hall–Kier alpha value is -2.60. The van der Waals surface area contributed by atoms with E-state index < -0.39 is 11.9 Å². The smallest absolute Gasteiger partial charge is 0.283 e. The third kappa shape index (κ3) is 6.84. The molecule has 1 aliphatic heterocycles. The molecule has 1 fully saturated rings. The van der Waals surface area contributed by atoms with Crippen LogP contribution in [0, 0.1) is 5.92 Å². The van der Waals surface area contributed by atoms with Gasteiger partial charge in [-0.25, -0.2) is 4.98 Å². The molecule has 1 aromatic carbocycles. The van der Waals surface area contributed by atoms with Crippen molar-refractivity contribution >= 4 is 63.6 Å². The molecule has 9 nitrogen and oxygen atoms in total. The van der Waals surface area contributed by atoms with Gasteiger partial charge in [0.25, 0.3) is 11.8 Å². The minimum absolute atomic E-state index is 0.0179. The summed E-state index contributed by atoms with van der Waals surface area (Å²) in [6, 6.07) is 6.03. The van der Waals surface area contributed by atoms with Gasteiger partial charge in [-0.05, 0) is 50.6 Å². The number of halogens is 1. The first-order valence-corrected chi connectivity index (χ1v) is 13.8. The molecule has 0 saturated heterocycles. The highest BCUT2D eigenvalue weighted by molar-refractivity contribution is 7.82. The Labute approximate surface area is 230 Å². The second kappa shape index (κ2) is 11.8. The van der Waals surface area contributed by atoms with E-state index >= 15 is 0 Å². The summed E-state index contributed by atoms with van der Waals surface area (Å²) >= 11 is 12.7. The Balaban J connectivity index is 1.45. The zero-order chi connectivity index (χ0) is 26.7. The van der Waals surface area contributed by atoms with Gasteiger partial charge >= 0.3 is 0 Å². The van der Waals surface area contributed by atoms with Crippen molar-refractivity contribution in [3.05, 3.63) is 44.9 Å². The number of hydrogen-bond donors (Lipinski definition) is 3. The second-order valence-electron chi connectivity index (χ2n) is 9.74. The molecule has 0 spiro atoms. The third-order valence-corrected chi connectivity index (χ3v) is 8.33. The highest BCUT2D eigenvalue weighted by atomic mass is 35.5. The van der Waals surface area contributed by atoms with Gasteiger partial charge in [0.15, 0.2) is 10.00 Å². The minimum atomic E-state index is -0.453. The van der Waals surface area contributed by atoms with Crippen molar-refractivity contribution in [1.82, 2.24) is 25.4 Å². The molecule has 4 rings (SSSR count). The summed E-state index contributed by atoms with van der Waals surface area (Å²) < 4.78 is 0. The Morgan fingerprint density at radius 2 is 1.86 bits per heavy atom. The summed E-state index contributed by atoms with van der Waals surface area (Å²) in [5.74, 6) is -0.930. The van der Waals surface area contributed by atoms with Crippen molar-refractivity contribution in [2.75, 3.05) is 33.0 Å². The molecule has 0 bridgehead atoms. The standard InChI is InChI=1S/C25H31ClN6O3S2/c1-31(2)25(35)14-4-9-17(29-23(36)21(33)27-16-7-5-15(26)6-8-16)19(12-14)28-22(34)24-30-18-10-11-32(3)13-20(18)37-24/h5-8,14,17,19H,4,9-13H2,1-3H3,(H,27,33)(H,28,34)(H,29,36). The molecule has 198 valence electrons. The molecule has 2 aliphatic rings. The molecule has 1 aliphatic carbocycles. The van der Waals surface area contributed by atoms with Crippen LogP contribution in [0.2, 0.25) is 5.02 Å². The monoisotopic (exact) mass is 562 g/mol. The molecule has 12 heteroatoms. The van der Waals surface area contributed by atoms with Gasteiger partial charge in [-0.2, -0.15) is 0 Å². The molecule has 3 unspecified atom stereocenters. The predicted octanol–water partition coefficient (Wildman–Crippen LogP) is 2.70. The van der Waals surface area contributed by atoms with E-state index in [9.17, 15) is 14.4 Å². The number of carbonyl (C=O) groups is 3. The first kappa shape index (κ1) is 27.4. The van der Waals surface area contributed by atoms with E-state index in [0.717, 1.165) is 30.1 Å². The summed E-state index contributed by atoms with van der Waals surface area (Å²) in [6.45, 7) is 1.70. The average Bonchev–Trinajstić information content (AvgIpc) is 3.29. The lowest BCUT2D eigenvalue weighted by atomic mass is 9.81. The quantitative estimate of drug-likeness (QED) is 0.481. The maximum Gasteiger partial charge on any atom is 0.283 e. The number of nitrogens with one attached hydrogen (secondary N) is 3. The van der Waals surface area contributed by atoms with Crippen molar-refractivity contribution in [3.63, 3.8) is 0 Å². The van der Waals surface area contributed by atoms with E-state index in [0.29, 0.717) is 35.0 Å². The van der Waals surface area contributed by atoms with E-state index in [4.69, 9.17) is 23.8 Å². The van der Waals surface area contributed by atoms with Crippen LogP contribution in [-0.4, -0.2) is 77.3 Å². The van der Waals surface area contributed by atoms with Crippen LogP contribution in [0.1, 0.15) is 39.6 Å².